The summed E-state index contributed by atoms with van der Waals surface area (Å²) in [7, 11) is 0. The summed E-state index contributed by atoms with van der Waals surface area (Å²) in [5, 5.41) is 8.86. The Balaban J connectivity index is 0.00000144. The number of benzene rings is 1. The van der Waals surface area contributed by atoms with Gasteiger partial charge in [0.05, 0.1) is 23.1 Å². The maximum absolute atomic E-state index is 10.8. The molecule has 0 spiro atoms. The number of rotatable bonds is 2. The minimum atomic E-state index is -0.947. The van der Waals surface area contributed by atoms with E-state index >= 15 is 0 Å². The first kappa shape index (κ1) is 13.0. The number of carboxylic acid groups (broad SMARTS) is 1. The number of aromatic carboxylic acids is 1. The van der Waals surface area contributed by atoms with Gasteiger partial charge >= 0.3 is 5.97 Å². The highest BCUT2D eigenvalue weighted by molar-refractivity contribution is 5.89. The van der Waals surface area contributed by atoms with E-state index in [2.05, 4.69) is 4.98 Å². The Morgan fingerprint density at radius 2 is 2.00 bits per heavy atom. The van der Waals surface area contributed by atoms with Crippen molar-refractivity contribution in [3.63, 3.8) is 0 Å². The number of hydrogen-bond donors (Lipinski definition) is 2. The molecule has 0 saturated carbocycles. The molecular formula is C12H11ClN2O2. The van der Waals surface area contributed by atoms with Crippen LogP contribution in [0.25, 0.3) is 11.3 Å². The van der Waals surface area contributed by atoms with Crippen LogP contribution in [-0.4, -0.2) is 16.1 Å². The van der Waals surface area contributed by atoms with E-state index < -0.39 is 5.97 Å². The number of halogens is 1. The van der Waals surface area contributed by atoms with Crippen LogP contribution in [0.15, 0.2) is 42.6 Å². The van der Waals surface area contributed by atoms with Crippen molar-refractivity contribution in [1.82, 2.24) is 4.98 Å². The second-order valence-electron chi connectivity index (χ2n) is 3.36. The maximum atomic E-state index is 10.8. The van der Waals surface area contributed by atoms with Gasteiger partial charge in [0.25, 0.3) is 0 Å². The van der Waals surface area contributed by atoms with E-state index in [-0.39, 0.29) is 18.0 Å². The second kappa shape index (κ2) is 5.32. The molecule has 2 aromatic rings. The zero-order valence-corrected chi connectivity index (χ0v) is 9.65. The van der Waals surface area contributed by atoms with Gasteiger partial charge in [-0.25, -0.2) is 4.79 Å². The van der Waals surface area contributed by atoms with Gasteiger partial charge < -0.3 is 10.8 Å². The molecule has 2 rings (SSSR count). The Labute approximate surface area is 105 Å². The molecule has 4 nitrogen and oxygen atoms in total. The van der Waals surface area contributed by atoms with Crippen LogP contribution in [0.2, 0.25) is 0 Å². The van der Waals surface area contributed by atoms with Crippen molar-refractivity contribution in [2.45, 2.75) is 0 Å². The van der Waals surface area contributed by atoms with Gasteiger partial charge in [-0.3, -0.25) is 4.98 Å². The third-order valence-corrected chi connectivity index (χ3v) is 2.19. The molecule has 3 N–H and O–H groups in total. The predicted molar refractivity (Wildman–Crippen MR) is 68.3 cm³/mol. The fourth-order valence-corrected chi connectivity index (χ4v) is 1.39. The first-order chi connectivity index (χ1) is 7.66. The number of carboxylic acids is 1. The molecule has 1 aromatic heterocycles. The normalized spacial score (nSPS) is 9.41. The summed E-state index contributed by atoms with van der Waals surface area (Å²) in [6.07, 6.45) is 1.54. The topological polar surface area (TPSA) is 76.2 Å². The molecule has 0 radical (unpaired) electrons. The van der Waals surface area contributed by atoms with E-state index in [4.69, 9.17) is 10.8 Å². The molecule has 17 heavy (non-hydrogen) atoms. The number of nitrogens with two attached hydrogens (primary N) is 1. The summed E-state index contributed by atoms with van der Waals surface area (Å²) in [4.78, 5) is 14.9. The van der Waals surface area contributed by atoms with E-state index in [1.165, 1.54) is 0 Å². The van der Waals surface area contributed by atoms with Crippen molar-refractivity contribution in [2.24, 2.45) is 0 Å². The molecule has 0 saturated heterocycles. The van der Waals surface area contributed by atoms with Crippen LogP contribution in [0.1, 0.15) is 10.4 Å². The molecule has 5 heteroatoms. The highest BCUT2D eigenvalue weighted by Crippen LogP contribution is 2.18. The van der Waals surface area contributed by atoms with Gasteiger partial charge in [-0.1, -0.05) is 12.1 Å². The Morgan fingerprint density at radius 3 is 2.59 bits per heavy atom. The van der Waals surface area contributed by atoms with E-state index in [9.17, 15) is 4.79 Å². The molecule has 0 aliphatic rings. The Hall–Kier alpha value is -2.07. The minimum absolute atomic E-state index is 0. The third-order valence-electron chi connectivity index (χ3n) is 2.19. The molecular weight excluding hydrogens is 240 g/mol. The van der Waals surface area contributed by atoms with Crippen molar-refractivity contribution in [2.75, 3.05) is 5.73 Å². The van der Waals surface area contributed by atoms with Crippen LogP contribution in [0.5, 0.6) is 0 Å². The quantitative estimate of drug-likeness (QED) is 0.858. The average molecular weight is 251 g/mol. The van der Waals surface area contributed by atoms with Gasteiger partial charge in [0, 0.05) is 5.56 Å². The van der Waals surface area contributed by atoms with Crippen LogP contribution in [0.4, 0.5) is 5.69 Å². The lowest BCUT2D eigenvalue weighted by molar-refractivity contribution is 0.0697. The van der Waals surface area contributed by atoms with Gasteiger partial charge in [-0.2, -0.15) is 0 Å². The van der Waals surface area contributed by atoms with E-state index in [1.54, 1.807) is 36.5 Å². The lowest BCUT2D eigenvalue weighted by atomic mass is 10.1. The first-order valence-electron chi connectivity index (χ1n) is 4.72. The van der Waals surface area contributed by atoms with Crippen molar-refractivity contribution >= 4 is 24.1 Å². The van der Waals surface area contributed by atoms with Crippen molar-refractivity contribution in [3.05, 3.63) is 48.2 Å². The van der Waals surface area contributed by atoms with Gasteiger partial charge in [0.2, 0.25) is 0 Å². The van der Waals surface area contributed by atoms with Gasteiger partial charge in [-0.05, 0) is 24.3 Å². The van der Waals surface area contributed by atoms with E-state index in [1.807, 2.05) is 6.07 Å². The Bertz CT molecular complexity index is 526. The van der Waals surface area contributed by atoms with Gasteiger partial charge in [-0.15, -0.1) is 12.4 Å². The van der Waals surface area contributed by atoms with Crippen molar-refractivity contribution in [1.29, 1.82) is 0 Å². The number of hydrogen-bond acceptors (Lipinski definition) is 3. The fraction of sp³-hybridized carbons (Fsp3) is 0. The SMILES string of the molecule is Cl.Nc1ccc(-c2cccc(C(=O)O)c2)nc1. The zero-order valence-electron chi connectivity index (χ0n) is 8.83. The summed E-state index contributed by atoms with van der Waals surface area (Å²) < 4.78 is 0. The van der Waals surface area contributed by atoms with Crippen LogP contribution < -0.4 is 5.73 Å². The molecule has 0 atom stereocenters. The minimum Gasteiger partial charge on any atom is -0.478 e. The number of nitrogens with zero attached hydrogens (tertiary/aromatic N) is 1. The van der Waals surface area contributed by atoms with Crippen LogP contribution >= 0.6 is 12.4 Å². The van der Waals surface area contributed by atoms with Crippen molar-refractivity contribution in [3.8, 4) is 11.3 Å². The first-order valence-corrected chi connectivity index (χ1v) is 4.72. The monoisotopic (exact) mass is 250 g/mol. The van der Waals surface area contributed by atoms with Crippen LogP contribution in [0, 0.1) is 0 Å². The smallest absolute Gasteiger partial charge is 0.335 e. The maximum Gasteiger partial charge on any atom is 0.335 e. The molecule has 0 unspecified atom stereocenters. The van der Waals surface area contributed by atoms with Gasteiger partial charge in [0.1, 0.15) is 0 Å². The molecule has 0 bridgehead atoms. The second-order valence-corrected chi connectivity index (χ2v) is 3.36. The number of aromatic nitrogens is 1. The highest BCUT2D eigenvalue weighted by atomic mass is 35.5. The summed E-state index contributed by atoms with van der Waals surface area (Å²) in [5.74, 6) is -0.947. The highest BCUT2D eigenvalue weighted by Gasteiger charge is 2.05. The fourth-order valence-electron chi connectivity index (χ4n) is 1.39. The largest absolute Gasteiger partial charge is 0.478 e. The summed E-state index contributed by atoms with van der Waals surface area (Å²) in [6, 6.07) is 10.1. The Morgan fingerprint density at radius 1 is 1.24 bits per heavy atom. The Kier molecular flexibility index (Phi) is 4.06. The molecule has 0 amide bonds. The molecule has 88 valence electrons. The lowest BCUT2D eigenvalue weighted by Gasteiger charge is -2.02. The number of nitrogen functional groups attached to an aromatic ring is 1. The van der Waals surface area contributed by atoms with E-state index in [0.29, 0.717) is 11.4 Å². The summed E-state index contributed by atoms with van der Waals surface area (Å²) >= 11 is 0. The predicted octanol–water partition coefficient (Wildman–Crippen LogP) is 2.45. The van der Waals surface area contributed by atoms with E-state index in [0.717, 1.165) is 5.56 Å². The number of anilines is 1. The molecule has 1 aromatic carbocycles. The molecule has 0 fully saturated rings. The molecule has 0 aliphatic heterocycles. The average Bonchev–Trinajstić information content (AvgIpc) is 2.30. The zero-order chi connectivity index (χ0) is 11.5. The van der Waals surface area contributed by atoms with Crippen LogP contribution in [0.3, 0.4) is 0 Å². The standard InChI is InChI=1S/C12H10N2O2.ClH/c13-10-4-5-11(14-7-10)8-2-1-3-9(6-8)12(15)16;/h1-7H,13H2,(H,15,16);1H. The number of carbonyl (C=O) groups is 1. The van der Waals surface area contributed by atoms with Gasteiger partial charge in [0.15, 0.2) is 0 Å². The number of pyridine rings is 1. The lowest BCUT2D eigenvalue weighted by Crippen LogP contribution is -1.96. The molecule has 1 heterocycles. The summed E-state index contributed by atoms with van der Waals surface area (Å²) in [5.41, 5.74) is 7.82. The summed E-state index contributed by atoms with van der Waals surface area (Å²) in [6.45, 7) is 0. The third kappa shape index (κ3) is 2.95. The van der Waals surface area contributed by atoms with Crippen LogP contribution in [-0.2, 0) is 0 Å². The van der Waals surface area contributed by atoms with Crippen molar-refractivity contribution < 1.29 is 9.90 Å². The molecule has 0 aliphatic carbocycles.